The predicted octanol–water partition coefficient (Wildman–Crippen LogP) is 29.0. The molecule has 16 nitrogen and oxygen atoms in total. The van der Waals surface area contributed by atoms with Crippen molar-refractivity contribution in [1.29, 1.82) is 0 Å². The maximum absolute atomic E-state index is 13.1. The molecule has 0 fully saturated rings. The van der Waals surface area contributed by atoms with Crippen LogP contribution in [0.3, 0.4) is 0 Å². The number of hydrogen-bond donors (Lipinski definition) is 4. The van der Waals surface area contributed by atoms with Gasteiger partial charge in [-0.3, -0.25) is 32.5 Å². The molecule has 0 saturated heterocycles. The fourth-order valence-corrected chi connectivity index (χ4v) is 13.9. The minimum absolute atomic E-state index is 0.0679. The van der Waals surface area contributed by atoms with Crippen LogP contribution in [0.15, 0.2) is 194 Å². The molecule has 0 aliphatic carbocycles. The highest BCUT2D eigenvalue weighted by Crippen LogP contribution is 2.45. The first-order valence-corrected chi connectivity index (χ1v) is 49.7. The van der Waals surface area contributed by atoms with Crippen molar-refractivity contribution < 1.29 is 75.8 Å². The molecular weight excluding hydrogens is 1530 g/mol. The summed E-state index contributed by atoms with van der Waals surface area (Å²) in [5.41, 5.74) is 0. The standard InChI is InChI=1S/C101H168O16P2/c1-4-7-10-13-16-19-22-25-28-31-34-37-40-42-44-45-46-47-48-49-51-53-55-57-60-63-66-69-72-75-78-81-84-87-99(104)111-90-96(102)91-113-118(107,108)114-92-97(103)93-115-119(109,110)116-95-98(117-101(106)89-86-83-80-77-74-71-68-65-62-59-54-39-36-33-30-27-24-21-18-15-12-9-6-3)94-112-100(105)88-85-82-79-76-73-70-67-64-61-58-56-52-50-43-41-38-35-32-29-26-23-20-17-14-11-8-5-2/h7-12,16-21,25-30,34-39,42-44,50,59,62,68,71,96-98,102-103H,4-6,13-15,22-24,31-33,40-41,45-49,51-58,60-61,63-67,69-70,72-95H2,1-3H3,(H,107,108)(H,109,110)/b10-7-,11-8-,12-9-,19-16-,20-17-,21-18-,28-25-,29-26-,30-27-,37-34-,38-35-,39-36-,44-42-,50-43-,62-59-,71-68-. The quantitative estimate of drug-likeness (QED) is 0.0146. The molecule has 0 spiro atoms. The second kappa shape index (κ2) is 91.6. The Morgan fingerprint density at radius 1 is 0.235 bits per heavy atom. The Morgan fingerprint density at radius 3 is 0.664 bits per heavy atom. The van der Waals surface area contributed by atoms with Crippen LogP contribution in [0, 0.1) is 0 Å². The molecular formula is C101H168O16P2. The topological polar surface area (TPSA) is 231 Å². The van der Waals surface area contributed by atoms with Crippen molar-refractivity contribution in [2.45, 2.75) is 386 Å². The highest BCUT2D eigenvalue weighted by Gasteiger charge is 2.29. The van der Waals surface area contributed by atoms with Crippen LogP contribution in [0.25, 0.3) is 0 Å². The number of rotatable bonds is 87. The van der Waals surface area contributed by atoms with Crippen molar-refractivity contribution in [3.05, 3.63) is 194 Å². The zero-order valence-corrected chi connectivity index (χ0v) is 76.5. The van der Waals surface area contributed by atoms with Crippen molar-refractivity contribution in [3.8, 4) is 0 Å². The normalized spacial score (nSPS) is 14.6. The van der Waals surface area contributed by atoms with Gasteiger partial charge in [-0.25, -0.2) is 9.13 Å². The number of hydrogen-bond acceptors (Lipinski definition) is 14. The van der Waals surface area contributed by atoms with Gasteiger partial charge in [-0.05, 0) is 161 Å². The monoisotopic (exact) mass is 1700 g/mol. The van der Waals surface area contributed by atoms with Crippen molar-refractivity contribution in [3.63, 3.8) is 0 Å². The van der Waals surface area contributed by atoms with Gasteiger partial charge in [0, 0.05) is 19.3 Å². The maximum atomic E-state index is 13.1. The predicted molar refractivity (Wildman–Crippen MR) is 500 cm³/mol. The minimum Gasteiger partial charge on any atom is -0.463 e. The number of phosphoric acid groups is 2. The number of unbranched alkanes of at least 4 members (excludes halogenated alkanes) is 32. The lowest BCUT2D eigenvalue weighted by atomic mass is 10.0. The molecule has 0 heterocycles. The van der Waals surface area contributed by atoms with E-state index in [2.05, 4.69) is 215 Å². The van der Waals surface area contributed by atoms with E-state index in [1.54, 1.807) is 0 Å². The summed E-state index contributed by atoms with van der Waals surface area (Å²) in [6.07, 6.45) is 122. The van der Waals surface area contributed by atoms with Crippen molar-refractivity contribution >= 4 is 33.6 Å². The van der Waals surface area contributed by atoms with E-state index in [4.69, 9.17) is 32.3 Å². The molecule has 0 aromatic carbocycles. The van der Waals surface area contributed by atoms with E-state index in [-0.39, 0.29) is 19.3 Å². The van der Waals surface area contributed by atoms with Crippen LogP contribution in [0.5, 0.6) is 0 Å². The number of ether oxygens (including phenoxy) is 3. The molecule has 678 valence electrons. The van der Waals surface area contributed by atoms with E-state index in [9.17, 15) is 43.5 Å². The van der Waals surface area contributed by atoms with Crippen LogP contribution in [0.4, 0.5) is 0 Å². The van der Waals surface area contributed by atoms with Crippen molar-refractivity contribution in [2.75, 3.05) is 39.6 Å². The van der Waals surface area contributed by atoms with Gasteiger partial charge >= 0.3 is 33.6 Å². The number of phosphoric ester groups is 2. The Morgan fingerprint density at radius 2 is 0.420 bits per heavy atom. The van der Waals surface area contributed by atoms with Crippen molar-refractivity contribution in [1.82, 2.24) is 0 Å². The molecule has 0 bridgehead atoms. The van der Waals surface area contributed by atoms with Gasteiger partial charge in [0.1, 0.15) is 25.4 Å². The third-order valence-corrected chi connectivity index (χ3v) is 21.2. The summed E-state index contributed by atoms with van der Waals surface area (Å²) in [7, 11) is -9.83. The molecule has 0 rings (SSSR count). The second-order valence-electron chi connectivity index (χ2n) is 30.7. The molecule has 0 aromatic heterocycles. The minimum atomic E-state index is -4.96. The van der Waals surface area contributed by atoms with Crippen LogP contribution < -0.4 is 0 Å². The number of allylic oxidation sites excluding steroid dienone is 32. The molecule has 0 amide bonds. The summed E-state index contributed by atoms with van der Waals surface area (Å²) >= 11 is 0. The Labute approximate surface area is 725 Å². The van der Waals surface area contributed by atoms with Crippen LogP contribution in [-0.2, 0) is 55.8 Å². The average molecular weight is 1700 g/mol. The molecule has 5 atom stereocenters. The maximum Gasteiger partial charge on any atom is 0.472 e. The van der Waals surface area contributed by atoms with E-state index in [0.29, 0.717) is 19.3 Å². The number of esters is 3. The van der Waals surface area contributed by atoms with Crippen molar-refractivity contribution in [2.24, 2.45) is 0 Å². The smallest absolute Gasteiger partial charge is 0.463 e. The lowest BCUT2D eigenvalue weighted by molar-refractivity contribution is -0.161. The summed E-state index contributed by atoms with van der Waals surface area (Å²) in [5, 5.41) is 20.7. The van der Waals surface area contributed by atoms with Gasteiger partial charge in [-0.15, -0.1) is 0 Å². The molecule has 5 unspecified atom stereocenters. The second-order valence-corrected chi connectivity index (χ2v) is 33.6. The molecule has 0 aliphatic rings. The number of carbonyl (C=O) groups is 3. The lowest BCUT2D eigenvalue weighted by Crippen LogP contribution is -2.30. The number of aliphatic hydroxyl groups is 2. The molecule has 0 aliphatic heterocycles. The molecule has 119 heavy (non-hydrogen) atoms. The van der Waals surface area contributed by atoms with E-state index in [1.165, 1.54) is 128 Å². The van der Waals surface area contributed by atoms with Gasteiger partial charge in [0.05, 0.1) is 26.4 Å². The highest BCUT2D eigenvalue weighted by molar-refractivity contribution is 7.47. The van der Waals surface area contributed by atoms with Crippen LogP contribution in [0.1, 0.15) is 367 Å². The SMILES string of the molecule is CC/C=C\C/C=C\C/C=C\C/C=C\C/C=C\C/C=C\CCCCCCC(=O)OC(COC(=O)CCCCCCCCCCCCC/C=C\C/C=C\C/C=C\C/C=C\C/C=C\CC)COP(=O)(O)OCC(O)COP(=O)(O)OCC(O)COC(=O)CCCCCCCCCCCCCCCCCCC/C=C\C/C=C\C/C=C\C/C=C\C/C=C\CC. The Hall–Kier alpha value is -5.61. The summed E-state index contributed by atoms with van der Waals surface area (Å²) in [6, 6.07) is 0. The lowest BCUT2D eigenvalue weighted by Gasteiger charge is -2.21. The molecule has 18 heteroatoms. The van der Waals surface area contributed by atoms with Gasteiger partial charge in [0.2, 0.25) is 0 Å². The van der Waals surface area contributed by atoms with Crippen LogP contribution >= 0.6 is 15.6 Å². The summed E-state index contributed by atoms with van der Waals surface area (Å²) in [4.78, 5) is 59.0. The number of aliphatic hydroxyl groups excluding tert-OH is 2. The highest BCUT2D eigenvalue weighted by atomic mass is 31.2. The Balaban J connectivity index is 4.61. The van der Waals surface area contributed by atoms with Gasteiger partial charge in [-0.1, -0.05) is 382 Å². The average Bonchev–Trinajstić information content (AvgIpc) is 0.902. The fraction of sp³-hybridized carbons (Fsp3) is 0.653. The van der Waals surface area contributed by atoms with Gasteiger partial charge in [-0.2, -0.15) is 0 Å². The third kappa shape index (κ3) is 92.9. The molecule has 0 aromatic rings. The summed E-state index contributed by atoms with van der Waals surface area (Å²) in [5.74, 6) is -1.61. The van der Waals surface area contributed by atoms with E-state index < -0.39 is 91.5 Å². The summed E-state index contributed by atoms with van der Waals surface area (Å²) in [6.45, 7) is 2.34. The number of carbonyl (C=O) groups excluding carboxylic acids is 3. The Bertz CT molecular complexity index is 2940. The van der Waals surface area contributed by atoms with E-state index in [1.807, 2.05) is 0 Å². The van der Waals surface area contributed by atoms with Crippen LogP contribution in [0.2, 0.25) is 0 Å². The van der Waals surface area contributed by atoms with E-state index >= 15 is 0 Å². The summed E-state index contributed by atoms with van der Waals surface area (Å²) < 4.78 is 61.5. The first-order chi connectivity index (χ1) is 58.2. The molecule has 0 saturated carbocycles. The van der Waals surface area contributed by atoms with E-state index in [0.717, 1.165) is 180 Å². The Kier molecular flexibility index (Phi) is 87.3. The third-order valence-electron chi connectivity index (χ3n) is 19.3. The molecule has 4 N–H and O–H groups in total. The fourth-order valence-electron chi connectivity index (χ4n) is 12.3. The molecule has 0 radical (unpaired) electrons. The van der Waals surface area contributed by atoms with Crippen LogP contribution in [-0.4, -0.2) is 95.9 Å². The largest absolute Gasteiger partial charge is 0.472 e. The zero-order chi connectivity index (χ0) is 86.5. The van der Waals surface area contributed by atoms with Gasteiger partial charge in [0.15, 0.2) is 6.10 Å². The van der Waals surface area contributed by atoms with Gasteiger partial charge in [0.25, 0.3) is 0 Å². The first-order valence-electron chi connectivity index (χ1n) is 46.7. The first kappa shape index (κ1) is 113. The zero-order valence-electron chi connectivity index (χ0n) is 74.7. The van der Waals surface area contributed by atoms with Gasteiger partial charge < -0.3 is 34.2 Å².